The van der Waals surface area contributed by atoms with Crippen molar-refractivity contribution in [2.75, 3.05) is 13.1 Å². The van der Waals surface area contributed by atoms with Crippen LogP contribution < -0.4 is 0 Å². The minimum atomic E-state index is -0.727. The largest absolute Gasteiger partial charge is 0.481 e. The Hall–Kier alpha value is -2.69. The fourth-order valence-electron chi connectivity index (χ4n) is 4.85. The Labute approximate surface area is 182 Å². The van der Waals surface area contributed by atoms with Crippen molar-refractivity contribution in [3.63, 3.8) is 0 Å². The van der Waals surface area contributed by atoms with Crippen LogP contribution in [-0.2, 0) is 11.2 Å². The molecule has 1 aliphatic heterocycles. The zero-order valence-electron chi connectivity index (χ0n) is 16.5. The number of fused-ring (bicyclic) bond motifs is 2. The topological polar surface area (TPSA) is 90.4 Å². The number of aromatic nitrogens is 1. The molecular formula is C23H20BrN3O3. The highest BCUT2D eigenvalue weighted by molar-refractivity contribution is 9.10. The first-order chi connectivity index (χ1) is 14.5. The van der Waals surface area contributed by atoms with E-state index in [4.69, 9.17) is 9.40 Å². The molecule has 3 aromatic rings. The molecule has 1 aliphatic carbocycles. The van der Waals surface area contributed by atoms with Crippen LogP contribution in [0.2, 0.25) is 0 Å². The van der Waals surface area contributed by atoms with Gasteiger partial charge in [-0.25, -0.2) is 4.98 Å². The van der Waals surface area contributed by atoms with Crippen LogP contribution in [0.15, 0.2) is 33.2 Å². The standard InChI is InChI=1S/C23H20BrN3O3/c1-12-14(3-2-4-18(12)24)22-26-19-9-16-15(17(10-25)21(19)30-22)5-6-20(16)27-8-7-13(11-27)23(28)29/h2-4,9,13,20H,5-8,11H2,1H3,(H,28,29)/t13-,20+/m1/s1. The molecule has 1 fully saturated rings. The molecule has 1 N–H and O–H groups in total. The molecule has 7 heteroatoms. The number of carbonyl (C=O) groups is 1. The highest BCUT2D eigenvalue weighted by atomic mass is 79.9. The lowest BCUT2D eigenvalue weighted by Crippen LogP contribution is -2.26. The minimum Gasteiger partial charge on any atom is -0.481 e. The van der Waals surface area contributed by atoms with Gasteiger partial charge < -0.3 is 9.52 Å². The van der Waals surface area contributed by atoms with Gasteiger partial charge in [-0.3, -0.25) is 9.69 Å². The molecule has 1 saturated heterocycles. The zero-order chi connectivity index (χ0) is 21.0. The number of carboxylic acids is 1. The highest BCUT2D eigenvalue weighted by Gasteiger charge is 2.37. The summed E-state index contributed by atoms with van der Waals surface area (Å²) in [6.45, 7) is 3.32. The van der Waals surface area contributed by atoms with E-state index in [1.807, 2.05) is 31.2 Å². The first-order valence-electron chi connectivity index (χ1n) is 10.1. The summed E-state index contributed by atoms with van der Waals surface area (Å²) in [5.74, 6) is -0.534. The molecule has 0 spiro atoms. The van der Waals surface area contributed by atoms with Gasteiger partial charge in [0.25, 0.3) is 0 Å². The van der Waals surface area contributed by atoms with Crippen LogP contribution in [0.25, 0.3) is 22.6 Å². The van der Waals surface area contributed by atoms with Gasteiger partial charge in [-0.2, -0.15) is 5.26 Å². The molecule has 1 aromatic heterocycles. The van der Waals surface area contributed by atoms with Crippen LogP contribution in [0.5, 0.6) is 0 Å². The average molecular weight is 466 g/mol. The van der Waals surface area contributed by atoms with Crippen LogP contribution in [0.1, 0.15) is 41.1 Å². The van der Waals surface area contributed by atoms with Crippen molar-refractivity contribution in [3.8, 4) is 17.5 Å². The molecule has 30 heavy (non-hydrogen) atoms. The molecule has 2 atom stereocenters. The molecule has 0 radical (unpaired) electrons. The molecule has 152 valence electrons. The van der Waals surface area contributed by atoms with E-state index in [0.717, 1.165) is 46.1 Å². The third kappa shape index (κ3) is 2.94. The summed E-state index contributed by atoms with van der Waals surface area (Å²) in [6.07, 6.45) is 2.35. The lowest BCUT2D eigenvalue weighted by atomic mass is 10.0. The van der Waals surface area contributed by atoms with Crippen LogP contribution >= 0.6 is 15.9 Å². The number of benzene rings is 2. The fourth-order valence-corrected chi connectivity index (χ4v) is 5.22. The number of hydrogen-bond donors (Lipinski definition) is 1. The van der Waals surface area contributed by atoms with Gasteiger partial charge in [-0.05, 0) is 67.6 Å². The first-order valence-corrected chi connectivity index (χ1v) is 10.9. The maximum Gasteiger partial charge on any atom is 0.307 e. The van der Waals surface area contributed by atoms with Gasteiger partial charge in [0, 0.05) is 22.6 Å². The van der Waals surface area contributed by atoms with Crippen LogP contribution in [-0.4, -0.2) is 34.0 Å². The summed E-state index contributed by atoms with van der Waals surface area (Å²) in [7, 11) is 0. The Morgan fingerprint density at radius 2 is 2.23 bits per heavy atom. The number of halogens is 1. The van der Waals surface area contributed by atoms with E-state index in [1.54, 1.807) is 0 Å². The fraction of sp³-hybridized carbons (Fsp3) is 0.348. The Bertz CT molecular complexity index is 1230. The molecule has 0 unspecified atom stereocenters. The molecule has 0 bridgehead atoms. The summed E-state index contributed by atoms with van der Waals surface area (Å²) < 4.78 is 7.08. The van der Waals surface area contributed by atoms with E-state index in [2.05, 4.69) is 26.9 Å². The normalized spacial score (nSPS) is 21.1. The van der Waals surface area contributed by atoms with E-state index in [-0.39, 0.29) is 12.0 Å². The lowest BCUT2D eigenvalue weighted by molar-refractivity contribution is -0.141. The van der Waals surface area contributed by atoms with E-state index >= 15 is 0 Å². The van der Waals surface area contributed by atoms with Crippen molar-refractivity contribution in [3.05, 3.63) is 51.0 Å². The molecule has 5 rings (SSSR count). The number of likely N-dealkylation sites (tertiary alicyclic amines) is 1. The third-order valence-corrected chi connectivity index (χ3v) is 7.33. The molecule has 2 heterocycles. The Kier molecular flexibility index (Phi) is 4.64. The van der Waals surface area contributed by atoms with Crippen LogP contribution in [0.4, 0.5) is 0 Å². The molecule has 0 amide bonds. The number of aliphatic carboxylic acids is 1. The number of carboxylic acid groups (broad SMARTS) is 1. The average Bonchev–Trinajstić information content (AvgIpc) is 3.45. The maximum atomic E-state index is 11.4. The third-order valence-electron chi connectivity index (χ3n) is 6.47. The van der Waals surface area contributed by atoms with E-state index < -0.39 is 5.97 Å². The monoisotopic (exact) mass is 465 g/mol. The van der Waals surface area contributed by atoms with Crippen molar-refractivity contribution in [2.24, 2.45) is 5.92 Å². The number of nitrogens with zero attached hydrogens (tertiary/aromatic N) is 3. The van der Waals surface area contributed by atoms with Crippen LogP contribution in [0, 0.1) is 24.2 Å². The second kappa shape index (κ2) is 7.22. The summed E-state index contributed by atoms with van der Waals surface area (Å²) in [6, 6.07) is 10.4. The van der Waals surface area contributed by atoms with E-state index in [9.17, 15) is 15.2 Å². The van der Waals surface area contributed by atoms with Gasteiger partial charge in [0.2, 0.25) is 5.89 Å². The number of nitriles is 1. The van der Waals surface area contributed by atoms with Gasteiger partial charge in [0.1, 0.15) is 17.1 Å². The first kappa shape index (κ1) is 19.3. The van der Waals surface area contributed by atoms with Crippen molar-refractivity contribution in [2.45, 2.75) is 32.2 Å². The smallest absolute Gasteiger partial charge is 0.307 e. The predicted molar refractivity (Wildman–Crippen MR) is 115 cm³/mol. The SMILES string of the molecule is Cc1c(Br)cccc1-c1nc2cc3c(c(C#N)c2o1)CC[C@@H]3N1CC[C@@H](C(=O)O)C1. The van der Waals surface area contributed by atoms with E-state index in [1.165, 1.54) is 0 Å². The van der Waals surface area contributed by atoms with E-state index in [0.29, 0.717) is 35.5 Å². The molecular weight excluding hydrogens is 446 g/mol. The minimum absolute atomic E-state index is 0.133. The summed E-state index contributed by atoms with van der Waals surface area (Å²) in [5, 5.41) is 19.3. The van der Waals surface area contributed by atoms with Crippen molar-refractivity contribution >= 4 is 33.0 Å². The Morgan fingerprint density at radius 1 is 1.40 bits per heavy atom. The highest BCUT2D eigenvalue weighted by Crippen LogP contribution is 2.43. The van der Waals surface area contributed by atoms with Gasteiger partial charge in [0.15, 0.2) is 5.58 Å². The summed E-state index contributed by atoms with van der Waals surface area (Å²) in [4.78, 5) is 18.3. The maximum absolute atomic E-state index is 11.4. The summed E-state index contributed by atoms with van der Waals surface area (Å²) >= 11 is 3.55. The quantitative estimate of drug-likeness (QED) is 0.595. The second-order valence-corrected chi connectivity index (χ2v) is 8.94. The summed E-state index contributed by atoms with van der Waals surface area (Å²) in [5.41, 5.74) is 5.81. The lowest BCUT2D eigenvalue weighted by Gasteiger charge is -2.24. The van der Waals surface area contributed by atoms with Crippen molar-refractivity contribution in [1.29, 1.82) is 5.26 Å². The van der Waals surface area contributed by atoms with Crippen molar-refractivity contribution in [1.82, 2.24) is 9.88 Å². The Morgan fingerprint density at radius 3 is 2.97 bits per heavy atom. The Balaban J connectivity index is 1.59. The van der Waals surface area contributed by atoms with Crippen LogP contribution in [0.3, 0.4) is 0 Å². The predicted octanol–water partition coefficient (Wildman–Crippen LogP) is 4.83. The number of hydrogen-bond acceptors (Lipinski definition) is 5. The molecule has 6 nitrogen and oxygen atoms in total. The molecule has 2 aromatic carbocycles. The van der Waals surface area contributed by atoms with Gasteiger partial charge in [-0.15, -0.1) is 0 Å². The van der Waals surface area contributed by atoms with Gasteiger partial charge in [0.05, 0.1) is 5.92 Å². The number of oxazole rings is 1. The molecule has 0 saturated carbocycles. The van der Waals surface area contributed by atoms with Crippen molar-refractivity contribution < 1.29 is 14.3 Å². The second-order valence-electron chi connectivity index (χ2n) is 8.08. The molecule has 2 aliphatic rings. The van der Waals surface area contributed by atoms with Gasteiger partial charge in [-0.1, -0.05) is 22.0 Å². The zero-order valence-corrected chi connectivity index (χ0v) is 18.1. The van der Waals surface area contributed by atoms with Gasteiger partial charge >= 0.3 is 5.97 Å². The number of rotatable bonds is 3.